The van der Waals surface area contributed by atoms with Crippen LogP contribution in [0, 0.1) is 10.1 Å². The zero-order chi connectivity index (χ0) is 24.3. The van der Waals surface area contributed by atoms with Crippen molar-refractivity contribution in [3.05, 3.63) is 88.5 Å². The van der Waals surface area contributed by atoms with Gasteiger partial charge in [-0.1, -0.05) is 48.5 Å². The lowest BCUT2D eigenvalue weighted by atomic mass is 10.1. The molecule has 0 aromatic heterocycles. The lowest BCUT2D eigenvalue weighted by molar-refractivity contribution is -0.384. The number of nitrogens with one attached hydrogen (secondary N) is 3. The third-order valence-electron chi connectivity index (χ3n) is 4.72. The van der Waals surface area contributed by atoms with Gasteiger partial charge in [0.1, 0.15) is 11.4 Å². The lowest BCUT2D eigenvalue weighted by Gasteiger charge is -2.12. The van der Waals surface area contributed by atoms with E-state index in [2.05, 4.69) is 16.2 Å². The first-order chi connectivity index (χ1) is 16.5. The summed E-state index contributed by atoms with van der Waals surface area (Å²) >= 11 is 0. The van der Waals surface area contributed by atoms with Crippen LogP contribution in [0.2, 0.25) is 0 Å². The molecule has 0 saturated heterocycles. The Labute approximate surface area is 196 Å². The summed E-state index contributed by atoms with van der Waals surface area (Å²) in [5.74, 6) is -0.782. The predicted molar refractivity (Wildman–Crippen MR) is 126 cm³/mol. The fraction of sp³-hybridized carbons (Fsp3) is 0.167. The monoisotopic (exact) mass is 464 g/mol. The van der Waals surface area contributed by atoms with E-state index >= 15 is 0 Å². The van der Waals surface area contributed by atoms with Gasteiger partial charge < -0.3 is 14.8 Å². The molecule has 0 atom stereocenters. The number of hydrogen-bond acceptors (Lipinski definition) is 7. The smallest absolute Gasteiger partial charge is 0.293 e. The highest BCUT2D eigenvalue weighted by Gasteiger charge is 2.18. The topological polar surface area (TPSA) is 132 Å². The first-order valence-electron chi connectivity index (χ1n) is 10.4. The van der Waals surface area contributed by atoms with E-state index in [0.29, 0.717) is 18.9 Å². The highest BCUT2D eigenvalue weighted by molar-refractivity contribution is 5.96. The average Bonchev–Trinajstić information content (AvgIpc) is 2.87. The molecule has 10 nitrogen and oxygen atoms in total. The number of nitrogens with zero attached hydrogens (tertiary/aromatic N) is 1. The molecule has 3 aromatic carbocycles. The number of carbonyl (C=O) groups excluding carboxylic acids is 2. The summed E-state index contributed by atoms with van der Waals surface area (Å²) in [6.45, 7) is 0.391. The van der Waals surface area contributed by atoms with E-state index in [4.69, 9.17) is 9.47 Å². The minimum absolute atomic E-state index is 0.0135. The maximum absolute atomic E-state index is 12.4. The van der Waals surface area contributed by atoms with Crippen LogP contribution in [0.25, 0.3) is 11.1 Å². The Morgan fingerprint density at radius 2 is 1.71 bits per heavy atom. The quantitative estimate of drug-likeness (QED) is 0.239. The van der Waals surface area contributed by atoms with Gasteiger partial charge in [0, 0.05) is 30.8 Å². The number of nitro benzene ring substituents is 1. The summed E-state index contributed by atoms with van der Waals surface area (Å²) in [6.07, 6.45) is 0. The van der Waals surface area contributed by atoms with Gasteiger partial charge in [-0.3, -0.25) is 30.6 Å². The van der Waals surface area contributed by atoms with Crippen molar-refractivity contribution >= 4 is 23.2 Å². The number of nitro groups is 1. The number of hydrogen-bond donors (Lipinski definition) is 3. The summed E-state index contributed by atoms with van der Waals surface area (Å²) in [4.78, 5) is 35.3. The number of benzene rings is 3. The van der Waals surface area contributed by atoms with Gasteiger partial charge >= 0.3 is 0 Å². The van der Waals surface area contributed by atoms with Crippen molar-refractivity contribution in [1.29, 1.82) is 0 Å². The van der Waals surface area contributed by atoms with Crippen LogP contribution in [-0.2, 0) is 9.53 Å². The molecule has 3 N–H and O–H groups in total. The molecule has 0 fully saturated rings. The van der Waals surface area contributed by atoms with E-state index in [1.165, 1.54) is 19.2 Å². The Kier molecular flexibility index (Phi) is 8.53. The molecular formula is C24H24N4O6. The molecule has 0 spiro atoms. The zero-order valence-electron chi connectivity index (χ0n) is 18.4. The van der Waals surface area contributed by atoms with Crippen LogP contribution >= 0.6 is 0 Å². The number of carbonyl (C=O) groups is 2. The van der Waals surface area contributed by atoms with Gasteiger partial charge in [-0.15, -0.1) is 0 Å². The molecule has 176 valence electrons. The van der Waals surface area contributed by atoms with Gasteiger partial charge in [-0.2, -0.15) is 0 Å². The number of methoxy groups -OCH3 is 1. The normalized spacial score (nSPS) is 10.3. The number of hydrazine groups is 1. The molecule has 0 bridgehead atoms. The Balaban J connectivity index is 1.57. The van der Waals surface area contributed by atoms with Crippen LogP contribution in [0.4, 0.5) is 11.4 Å². The van der Waals surface area contributed by atoms with Gasteiger partial charge in [0.05, 0.1) is 11.5 Å². The largest absolute Gasteiger partial charge is 0.483 e. The SMILES string of the molecule is COCCNc1ccc(C(=O)NNC(=O)COc2ccccc2-c2ccccc2)cc1[N+](=O)[O-]. The van der Waals surface area contributed by atoms with Crippen molar-refractivity contribution < 1.29 is 24.0 Å². The Morgan fingerprint density at radius 3 is 2.44 bits per heavy atom. The molecule has 10 heteroatoms. The second kappa shape index (κ2) is 12.0. The Bertz CT molecular complexity index is 1150. The van der Waals surface area contributed by atoms with Gasteiger partial charge in [-0.05, 0) is 23.8 Å². The van der Waals surface area contributed by atoms with Crippen LogP contribution in [-0.4, -0.2) is 43.6 Å². The van der Waals surface area contributed by atoms with Gasteiger partial charge in [0.25, 0.3) is 17.5 Å². The van der Waals surface area contributed by atoms with Crippen LogP contribution in [0.1, 0.15) is 10.4 Å². The fourth-order valence-corrected chi connectivity index (χ4v) is 3.09. The van der Waals surface area contributed by atoms with Gasteiger partial charge in [-0.25, -0.2) is 0 Å². The number of anilines is 1. The molecule has 34 heavy (non-hydrogen) atoms. The minimum Gasteiger partial charge on any atom is -0.483 e. The summed E-state index contributed by atoms with van der Waals surface area (Å²) in [5, 5.41) is 14.2. The van der Waals surface area contributed by atoms with E-state index in [9.17, 15) is 19.7 Å². The van der Waals surface area contributed by atoms with Crippen molar-refractivity contribution in [2.24, 2.45) is 0 Å². The molecule has 0 saturated carbocycles. The molecule has 3 rings (SSSR count). The summed E-state index contributed by atoms with van der Waals surface area (Å²) in [7, 11) is 1.52. The van der Waals surface area contributed by atoms with Crippen molar-refractivity contribution in [3.63, 3.8) is 0 Å². The third-order valence-corrected chi connectivity index (χ3v) is 4.72. The van der Waals surface area contributed by atoms with Crippen LogP contribution in [0.15, 0.2) is 72.8 Å². The standard InChI is InChI=1S/C24H24N4O6/c1-33-14-13-25-20-12-11-18(15-21(20)28(31)32)24(30)27-26-23(29)16-34-22-10-6-5-9-19(22)17-7-3-2-4-8-17/h2-12,15,25H,13-14,16H2,1H3,(H,26,29)(H,27,30). The molecule has 0 heterocycles. The van der Waals surface area contributed by atoms with Crippen molar-refractivity contribution in [3.8, 4) is 16.9 Å². The van der Waals surface area contributed by atoms with E-state index in [1.54, 1.807) is 12.1 Å². The van der Waals surface area contributed by atoms with Gasteiger partial charge in [0.15, 0.2) is 6.61 Å². The minimum atomic E-state index is -0.704. The molecular weight excluding hydrogens is 440 g/mol. The zero-order valence-corrected chi connectivity index (χ0v) is 18.4. The summed E-state index contributed by atoms with van der Waals surface area (Å²) < 4.78 is 10.5. The first kappa shape index (κ1) is 24.2. The average molecular weight is 464 g/mol. The molecule has 0 aliphatic rings. The van der Waals surface area contributed by atoms with Crippen molar-refractivity contribution in [1.82, 2.24) is 10.9 Å². The second-order valence-electron chi connectivity index (χ2n) is 7.06. The highest BCUT2D eigenvalue weighted by Crippen LogP contribution is 2.29. The molecule has 0 unspecified atom stereocenters. The van der Waals surface area contributed by atoms with Crippen molar-refractivity contribution in [2.75, 3.05) is 32.2 Å². The molecule has 2 amide bonds. The van der Waals surface area contributed by atoms with E-state index in [0.717, 1.165) is 17.2 Å². The Morgan fingerprint density at radius 1 is 0.971 bits per heavy atom. The highest BCUT2D eigenvalue weighted by atomic mass is 16.6. The molecule has 3 aromatic rings. The van der Waals surface area contributed by atoms with Crippen LogP contribution < -0.4 is 20.9 Å². The lowest BCUT2D eigenvalue weighted by Crippen LogP contribution is -2.43. The number of amides is 2. The summed E-state index contributed by atoms with van der Waals surface area (Å²) in [6, 6.07) is 20.8. The molecule has 0 aliphatic heterocycles. The number of rotatable bonds is 10. The van der Waals surface area contributed by atoms with E-state index < -0.39 is 16.7 Å². The maximum Gasteiger partial charge on any atom is 0.293 e. The number of ether oxygens (including phenoxy) is 2. The summed E-state index contributed by atoms with van der Waals surface area (Å²) in [5.41, 5.74) is 6.26. The Hall–Kier alpha value is -4.44. The molecule has 0 aliphatic carbocycles. The molecule has 0 radical (unpaired) electrons. The van der Waals surface area contributed by atoms with E-state index in [-0.39, 0.29) is 23.5 Å². The van der Waals surface area contributed by atoms with Crippen LogP contribution in [0.5, 0.6) is 5.75 Å². The maximum atomic E-state index is 12.4. The fourth-order valence-electron chi connectivity index (χ4n) is 3.09. The van der Waals surface area contributed by atoms with Gasteiger partial charge in [0.2, 0.25) is 0 Å². The third kappa shape index (κ3) is 6.53. The van der Waals surface area contributed by atoms with Crippen molar-refractivity contribution in [2.45, 2.75) is 0 Å². The predicted octanol–water partition coefficient (Wildman–Crippen LogP) is 3.16. The number of para-hydroxylation sites is 1. The second-order valence-corrected chi connectivity index (χ2v) is 7.06. The van der Waals surface area contributed by atoms with E-state index in [1.807, 2.05) is 42.5 Å². The van der Waals surface area contributed by atoms with Crippen LogP contribution in [0.3, 0.4) is 0 Å². The first-order valence-corrected chi connectivity index (χ1v) is 10.4.